The number of benzene rings is 1. The predicted octanol–water partition coefficient (Wildman–Crippen LogP) is 4.89. The van der Waals surface area contributed by atoms with Crippen molar-refractivity contribution in [3.05, 3.63) is 73.9 Å². The fourth-order valence-electron chi connectivity index (χ4n) is 3.70. The van der Waals surface area contributed by atoms with Crippen molar-refractivity contribution in [2.45, 2.75) is 54.2 Å². The van der Waals surface area contributed by atoms with Gasteiger partial charge in [0.2, 0.25) is 0 Å². The summed E-state index contributed by atoms with van der Waals surface area (Å²) in [5.41, 5.74) is 5.18. The number of aromatic nitrogens is 1. The molecule has 2 heterocycles. The molecule has 0 bridgehead atoms. The van der Waals surface area contributed by atoms with Gasteiger partial charge >= 0.3 is 11.6 Å². The second kappa shape index (κ2) is 9.05. The number of carbonyl (C=O) groups is 1. The molecule has 0 aliphatic carbocycles. The minimum atomic E-state index is -0.729. The molecule has 0 aliphatic heterocycles. The van der Waals surface area contributed by atoms with Gasteiger partial charge in [-0.2, -0.15) is 5.26 Å². The number of hydrogen-bond acceptors (Lipinski definition) is 5. The monoisotopic (exact) mass is 418 g/mol. The zero-order valence-electron chi connectivity index (χ0n) is 18.5. The van der Waals surface area contributed by atoms with Crippen LogP contribution in [0.3, 0.4) is 0 Å². The first kappa shape index (κ1) is 22.1. The highest BCUT2D eigenvalue weighted by molar-refractivity contribution is 5.98. The molecule has 0 aliphatic rings. The van der Waals surface area contributed by atoms with Crippen LogP contribution in [0.1, 0.15) is 47.0 Å². The smallest absolute Gasteiger partial charge is 0.349 e. The van der Waals surface area contributed by atoms with Crippen LogP contribution in [-0.4, -0.2) is 10.5 Å². The maximum Gasteiger partial charge on any atom is 0.349 e. The molecule has 6 nitrogen and oxygen atoms in total. The van der Waals surface area contributed by atoms with E-state index >= 15 is 0 Å². The summed E-state index contributed by atoms with van der Waals surface area (Å²) in [7, 11) is 0. The van der Waals surface area contributed by atoms with E-state index in [4.69, 9.17) is 9.15 Å². The van der Waals surface area contributed by atoms with E-state index in [1.807, 2.05) is 52.0 Å². The molecule has 0 saturated heterocycles. The summed E-state index contributed by atoms with van der Waals surface area (Å²) >= 11 is 0. The fraction of sp³-hybridized carbons (Fsp3) is 0.320. The highest BCUT2D eigenvalue weighted by atomic mass is 16.5. The van der Waals surface area contributed by atoms with Crippen LogP contribution in [0.5, 0.6) is 0 Å². The first-order valence-electron chi connectivity index (χ1n) is 10.2. The van der Waals surface area contributed by atoms with Crippen molar-refractivity contribution in [2.75, 3.05) is 0 Å². The molecule has 2 aromatic heterocycles. The number of ether oxygens (including phenoxy) is 1. The molecule has 0 radical (unpaired) electrons. The summed E-state index contributed by atoms with van der Waals surface area (Å²) in [5.74, 6) is -0.729. The van der Waals surface area contributed by atoms with E-state index in [9.17, 15) is 14.9 Å². The standard InChI is InChI=1S/C25H26N2O4/c1-6-9-27-16(3)10-19(18(27)5)11-20(13-26)25(29)30-14-21-12-23(28)31-24-17(4)15(2)7-8-22(21)24/h7-8,10-12H,6,9,14H2,1-5H3/b20-11+. The number of aryl methyl sites for hydroxylation is 3. The third-order valence-corrected chi connectivity index (χ3v) is 5.58. The van der Waals surface area contributed by atoms with E-state index in [0.29, 0.717) is 16.5 Å². The highest BCUT2D eigenvalue weighted by Crippen LogP contribution is 2.24. The van der Waals surface area contributed by atoms with Gasteiger partial charge in [-0.3, -0.25) is 0 Å². The normalized spacial score (nSPS) is 11.5. The van der Waals surface area contributed by atoms with Crippen LogP contribution in [0.4, 0.5) is 0 Å². The van der Waals surface area contributed by atoms with E-state index in [0.717, 1.165) is 41.0 Å². The summed E-state index contributed by atoms with van der Waals surface area (Å²) in [6.45, 7) is 10.6. The molecule has 0 fully saturated rings. The summed E-state index contributed by atoms with van der Waals surface area (Å²) < 4.78 is 12.9. The maximum absolute atomic E-state index is 12.6. The molecule has 0 atom stereocenters. The van der Waals surface area contributed by atoms with Crippen molar-refractivity contribution >= 4 is 23.0 Å². The minimum absolute atomic E-state index is 0.0870. The number of hydrogen-bond donors (Lipinski definition) is 0. The molecule has 31 heavy (non-hydrogen) atoms. The van der Waals surface area contributed by atoms with Crippen molar-refractivity contribution in [2.24, 2.45) is 0 Å². The highest BCUT2D eigenvalue weighted by Gasteiger charge is 2.16. The lowest BCUT2D eigenvalue weighted by Crippen LogP contribution is -2.09. The molecular weight excluding hydrogens is 392 g/mol. The molecular formula is C25H26N2O4. The van der Waals surface area contributed by atoms with Crippen molar-refractivity contribution in [1.29, 1.82) is 5.26 Å². The first-order valence-corrected chi connectivity index (χ1v) is 10.2. The molecule has 1 aromatic carbocycles. The second-order valence-electron chi connectivity index (χ2n) is 7.70. The van der Waals surface area contributed by atoms with Gasteiger partial charge in [0.1, 0.15) is 23.8 Å². The van der Waals surface area contributed by atoms with Crippen LogP contribution < -0.4 is 5.63 Å². The van der Waals surface area contributed by atoms with E-state index in [2.05, 4.69) is 11.5 Å². The Hall–Kier alpha value is -3.59. The number of fused-ring (bicyclic) bond motifs is 1. The third kappa shape index (κ3) is 4.46. The van der Waals surface area contributed by atoms with Crippen LogP contribution in [0, 0.1) is 39.0 Å². The molecule has 0 spiro atoms. The maximum atomic E-state index is 12.6. The summed E-state index contributed by atoms with van der Waals surface area (Å²) in [6, 6.07) is 8.98. The SMILES string of the molecule is CCCn1c(C)cc(/C=C(\C#N)C(=O)OCc2cc(=O)oc3c(C)c(C)ccc23)c1C. The van der Waals surface area contributed by atoms with Gasteiger partial charge in [-0.25, -0.2) is 9.59 Å². The molecule has 0 N–H and O–H groups in total. The second-order valence-corrected chi connectivity index (χ2v) is 7.70. The predicted molar refractivity (Wildman–Crippen MR) is 120 cm³/mol. The average molecular weight is 418 g/mol. The number of nitriles is 1. The van der Waals surface area contributed by atoms with Gasteiger partial charge in [0.05, 0.1) is 0 Å². The third-order valence-electron chi connectivity index (χ3n) is 5.58. The van der Waals surface area contributed by atoms with Gasteiger partial charge in [-0.15, -0.1) is 0 Å². The van der Waals surface area contributed by atoms with E-state index in [1.165, 1.54) is 6.07 Å². The Balaban J connectivity index is 1.87. The topological polar surface area (TPSA) is 85.2 Å². The molecule has 3 rings (SSSR count). The Morgan fingerprint density at radius 2 is 1.97 bits per heavy atom. The Morgan fingerprint density at radius 1 is 1.23 bits per heavy atom. The zero-order chi connectivity index (χ0) is 22.7. The van der Waals surface area contributed by atoms with Gasteiger partial charge in [0.15, 0.2) is 0 Å². The summed E-state index contributed by atoms with van der Waals surface area (Å²) in [4.78, 5) is 24.6. The van der Waals surface area contributed by atoms with Gasteiger partial charge in [0, 0.05) is 34.9 Å². The lowest BCUT2D eigenvalue weighted by atomic mass is 10.0. The fourth-order valence-corrected chi connectivity index (χ4v) is 3.70. The Morgan fingerprint density at radius 3 is 2.65 bits per heavy atom. The molecule has 0 amide bonds. The first-order chi connectivity index (χ1) is 14.8. The van der Waals surface area contributed by atoms with Crippen molar-refractivity contribution in [3.8, 4) is 6.07 Å². The van der Waals surface area contributed by atoms with Gasteiger partial charge in [-0.1, -0.05) is 19.1 Å². The Labute approximate surface area is 181 Å². The minimum Gasteiger partial charge on any atom is -0.457 e. The molecule has 0 unspecified atom stereocenters. The lowest BCUT2D eigenvalue weighted by Gasteiger charge is -2.09. The molecule has 160 valence electrons. The van der Waals surface area contributed by atoms with E-state index in [-0.39, 0.29) is 12.2 Å². The molecule has 0 saturated carbocycles. The number of nitrogens with zero attached hydrogens (tertiary/aromatic N) is 2. The quantitative estimate of drug-likeness (QED) is 0.246. The summed E-state index contributed by atoms with van der Waals surface area (Å²) in [6.07, 6.45) is 2.55. The van der Waals surface area contributed by atoms with E-state index < -0.39 is 11.6 Å². The van der Waals surface area contributed by atoms with Crippen molar-refractivity contribution < 1.29 is 13.9 Å². The molecule has 3 aromatic rings. The van der Waals surface area contributed by atoms with Crippen LogP contribution >= 0.6 is 0 Å². The van der Waals surface area contributed by atoms with Crippen molar-refractivity contribution in [3.63, 3.8) is 0 Å². The number of esters is 1. The number of carbonyl (C=O) groups excluding carboxylic acids is 1. The van der Waals surface area contributed by atoms with E-state index in [1.54, 1.807) is 6.08 Å². The zero-order valence-corrected chi connectivity index (χ0v) is 18.5. The average Bonchev–Trinajstić information content (AvgIpc) is 3.00. The lowest BCUT2D eigenvalue weighted by molar-refractivity contribution is -0.139. The van der Waals surface area contributed by atoms with Crippen LogP contribution in [0.15, 0.2) is 39.1 Å². The number of rotatable bonds is 6. The largest absolute Gasteiger partial charge is 0.457 e. The van der Waals surface area contributed by atoms with Gasteiger partial charge in [0.25, 0.3) is 0 Å². The van der Waals surface area contributed by atoms with Crippen LogP contribution in [0.25, 0.3) is 17.0 Å². The Kier molecular flexibility index (Phi) is 6.45. The van der Waals surface area contributed by atoms with Gasteiger partial charge < -0.3 is 13.7 Å². The molecule has 6 heteroatoms. The van der Waals surface area contributed by atoms with Crippen LogP contribution in [0.2, 0.25) is 0 Å². The van der Waals surface area contributed by atoms with Gasteiger partial charge in [-0.05, 0) is 62.9 Å². The van der Waals surface area contributed by atoms with Crippen LogP contribution in [-0.2, 0) is 22.7 Å². The van der Waals surface area contributed by atoms with Crippen molar-refractivity contribution in [1.82, 2.24) is 4.57 Å². The summed E-state index contributed by atoms with van der Waals surface area (Å²) in [5, 5.41) is 10.2. The Bertz CT molecular complexity index is 1290.